The van der Waals surface area contributed by atoms with Crippen molar-refractivity contribution in [1.29, 1.82) is 0 Å². The molecule has 1 aliphatic heterocycles. The van der Waals surface area contributed by atoms with E-state index in [2.05, 4.69) is 4.72 Å². The minimum atomic E-state index is -1.91. The first-order valence-electron chi connectivity index (χ1n) is 11.5. The minimum absolute atomic E-state index is 0.103. The number of fused-ring (bicyclic) bond motifs is 1. The third kappa shape index (κ3) is 4.79. The molecule has 6 nitrogen and oxygen atoms in total. The molecule has 1 unspecified atom stereocenters. The summed E-state index contributed by atoms with van der Waals surface area (Å²) >= 11 is 0. The number of ether oxygens (including phenoxy) is 1. The molecule has 1 atom stereocenters. The predicted molar refractivity (Wildman–Crippen MR) is 133 cm³/mol. The lowest BCUT2D eigenvalue weighted by molar-refractivity contribution is 0.0958. The van der Waals surface area contributed by atoms with E-state index in [0.717, 1.165) is 36.3 Å². The number of carbonyl (C=O) groups excluding carboxylic acids is 1. The van der Waals surface area contributed by atoms with Crippen LogP contribution in [0, 0.1) is 5.82 Å². The molecule has 3 aromatic carbocycles. The van der Waals surface area contributed by atoms with Crippen LogP contribution in [0.2, 0.25) is 0 Å². The number of amides is 1. The van der Waals surface area contributed by atoms with Crippen molar-refractivity contribution < 1.29 is 22.5 Å². The van der Waals surface area contributed by atoms with Gasteiger partial charge in [0.05, 0.1) is 5.39 Å². The van der Waals surface area contributed by atoms with E-state index in [1.165, 1.54) is 12.1 Å². The second kappa shape index (κ2) is 9.92. The minimum Gasteiger partial charge on any atom is -0.488 e. The first kappa shape index (κ1) is 23.1. The summed E-state index contributed by atoms with van der Waals surface area (Å²) in [6, 6.07) is 19.6. The molecule has 0 saturated carbocycles. The largest absolute Gasteiger partial charge is 0.488 e. The van der Waals surface area contributed by atoms with E-state index in [4.69, 9.17) is 9.15 Å². The SMILES string of the molecule is CCc1cccc(OCc2ccccc2)c1S(=O)NC(=O)c1cc2c(F)cc(N3CCC3)cc2o1. The number of furan rings is 1. The van der Waals surface area contributed by atoms with Crippen LogP contribution in [0.15, 0.2) is 76.0 Å². The zero-order chi connectivity index (χ0) is 24.4. The van der Waals surface area contributed by atoms with Crippen LogP contribution in [-0.4, -0.2) is 23.2 Å². The number of nitrogens with zero attached hydrogens (tertiary/aromatic N) is 1. The summed E-state index contributed by atoms with van der Waals surface area (Å²) in [5, 5.41) is 0.214. The first-order chi connectivity index (χ1) is 17.0. The Morgan fingerprint density at radius 1 is 1.11 bits per heavy atom. The van der Waals surface area contributed by atoms with Gasteiger partial charge in [0.1, 0.15) is 28.7 Å². The van der Waals surface area contributed by atoms with Crippen molar-refractivity contribution in [3.63, 3.8) is 0 Å². The van der Waals surface area contributed by atoms with Crippen LogP contribution in [-0.2, 0) is 24.0 Å². The number of anilines is 1. The maximum absolute atomic E-state index is 14.7. The number of benzene rings is 3. The van der Waals surface area contributed by atoms with E-state index in [0.29, 0.717) is 23.7 Å². The van der Waals surface area contributed by atoms with Gasteiger partial charge in [0.25, 0.3) is 5.91 Å². The van der Waals surface area contributed by atoms with Crippen LogP contribution in [0.4, 0.5) is 10.1 Å². The standard InChI is InChI=1S/C27H25FN2O4S/c1-2-19-10-6-11-23(33-17-18-8-4-3-5-9-18)26(19)35(32)29-27(31)25-16-21-22(28)14-20(15-24(21)34-25)30-12-7-13-30/h3-6,8-11,14-16H,2,7,12-13,17H2,1H3,(H,29,31). The number of rotatable bonds is 8. The first-order valence-corrected chi connectivity index (χ1v) is 12.7. The van der Waals surface area contributed by atoms with E-state index in [1.807, 2.05) is 54.3 Å². The van der Waals surface area contributed by atoms with Crippen LogP contribution >= 0.6 is 0 Å². The van der Waals surface area contributed by atoms with Crippen LogP contribution < -0.4 is 14.4 Å². The van der Waals surface area contributed by atoms with Crippen LogP contribution in [0.25, 0.3) is 11.0 Å². The molecule has 0 spiro atoms. The zero-order valence-electron chi connectivity index (χ0n) is 19.3. The van der Waals surface area contributed by atoms with E-state index in [9.17, 15) is 13.4 Å². The van der Waals surface area contributed by atoms with Gasteiger partial charge in [0, 0.05) is 30.9 Å². The summed E-state index contributed by atoms with van der Waals surface area (Å²) in [5.41, 5.74) is 2.77. The number of halogens is 1. The fraction of sp³-hybridized carbons (Fsp3) is 0.222. The van der Waals surface area contributed by atoms with E-state index < -0.39 is 22.7 Å². The van der Waals surface area contributed by atoms with Gasteiger partial charge < -0.3 is 14.1 Å². The summed E-state index contributed by atoms with van der Waals surface area (Å²) in [6.45, 7) is 3.97. The summed E-state index contributed by atoms with van der Waals surface area (Å²) in [4.78, 5) is 15.4. The zero-order valence-corrected chi connectivity index (χ0v) is 20.1. The number of carbonyl (C=O) groups is 1. The normalized spacial score (nSPS) is 13.9. The van der Waals surface area contributed by atoms with Gasteiger partial charge in [0.2, 0.25) is 0 Å². The molecule has 0 bridgehead atoms. The van der Waals surface area contributed by atoms with Gasteiger partial charge >= 0.3 is 0 Å². The summed E-state index contributed by atoms with van der Waals surface area (Å²) in [6.07, 6.45) is 1.67. The van der Waals surface area contributed by atoms with Gasteiger partial charge in [-0.15, -0.1) is 0 Å². The highest BCUT2D eigenvalue weighted by molar-refractivity contribution is 7.83. The lowest BCUT2D eigenvalue weighted by atomic mass is 10.1. The quantitative estimate of drug-likeness (QED) is 0.358. The van der Waals surface area contributed by atoms with E-state index >= 15 is 0 Å². The lowest BCUT2D eigenvalue weighted by Gasteiger charge is -2.33. The maximum Gasteiger partial charge on any atom is 0.298 e. The van der Waals surface area contributed by atoms with Gasteiger partial charge in [-0.3, -0.25) is 9.52 Å². The molecule has 1 aliphatic rings. The Kier molecular flexibility index (Phi) is 6.55. The number of hydrogen-bond acceptors (Lipinski definition) is 5. The van der Waals surface area contributed by atoms with Crippen molar-refractivity contribution in [3.8, 4) is 5.75 Å². The average Bonchev–Trinajstić information content (AvgIpc) is 3.27. The molecule has 0 aliphatic carbocycles. The van der Waals surface area contributed by atoms with Crippen LogP contribution in [0.3, 0.4) is 0 Å². The predicted octanol–water partition coefficient (Wildman–Crippen LogP) is 5.38. The Labute approximate surface area is 205 Å². The monoisotopic (exact) mass is 492 g/mol. The van der Waals surface area contributed by atoms with E-state index in [-0.39, 0.29) is 16.7 Å². The molecule has 5 rings (SSSR count). The van der Waals surface area contributed by atoms with Crippen molar-refractivity contribution >= 4 is 33.5 Å². The smallest absolute Gasteiger partial charge is 0.298 e. The van der Waals surface area contributed by atoms with Crippen molar-refractivity contribution in [3.05, 3.63) is 89.4 Å². The highest BCUT2D eigenvalue weighted by Gasteiger charge is 2.23. The molecule has 1 saturated heterocycles. The fourth-order valence-electron chi connectivity index (χ4n) is 4.04. The number of nitrogens with one attached hydrogen (secondary N) is 1. The molecule has 35 heavy (non-hydrogen) atoms. The molecular formula is C27H25FN2O4S. The molecule has 4 aromatic rings. The van der Waals surface area contributed by atoms with Gasteiger partial charge in [-0.1, -0.05) is 49.4 Å². The van der Waals surface area contributed by atoms with Crippen molar-refractivity contribution in [2.75, 3.05) is 18.0 Å². The Morgan fingerprint density at radius 2 is 1.91 bits per heavy atom. The molecule has 1 N–H and O–H groups in total. The lowest BCUT2D eigenvalue weighted by Crippen LogP contribution is -2.36. The van der Waals surface area contributed by atoms with Crippen molar-refractivity contribution in [1.82, 2.24) is 4.72 Å². The summed E-state index contributed by atoms with van der Waals surface area (Å²) in [7, 11) is -1.91. The highest BCUT2D eigenvalue weighted by atomic mass is 32.2. The Bertz CT molecular complexity index is 1400. The highest BCUT2D eigenvalue weighted by Crippen LogP contribution is 2.31. The van der Waals surface area contributed by atoms with Gasteiger partial charge in [-0.2, -0.15) is 0 Å². The number of aryl methyl sites for hydroxylation is 1. The van der Waals surface area contributed by atoms with Gasteiger partial charge in [0.15, 0.2) is 16.7 Å². The van der Waals surface area contributed by atoms with E-state index in [1.54, 1.807) is 12.1 Å². The molecule has 1 aromatic heterocycles. The third-order valence-corrected chi connectivity index (χ3v) is 7.27. The topological polar surface area (TPSA) is 71.8 Å². The molecule has 0 radical (unpaired) electrons. The molecule has 1 fully saturated rings. The third-order valence-electron chi connectivity index (χ3n) is 6.07. The molecule has 8 heteroatoms. The summed E-state index contributed by atoms with van der Waals surface area (Å²) in [5.74, 6) is -0.819. The molecule has 2 heterocycles. The van der Waals surface area contributed by atoms with Crippen LogP contribution in [0.1, 0.15) is 35.0 Å². The Balaban J connectivity index is 1.37. The fourth-order valence-corrected chi connectivity index (χ4v) is 5.17. The second-order valence-electron chi connectivity index (χ2n) is 8.36. The molecule has 1 amide bonds. The van der Waals surface area contributed by atoms with Gasteiger partial charge in [-0.25, -0.2) is 8.60 Å². The Morgan fingerprint density at radius 3 is 2.63 bits per heavy atom. The van der Waals surface area contributed by atoms with Crippen LogP contribution in [0.5, 0.6) is 5.75 Å². The van der Waals surface area contributed by atoms with Crippen molar-refractivity contribution in [2.45, 2.75) is 31.3 Å². The maximum atomic E-state index is 14.7. The molecule has 180 valence electrons. The van der Waals surface area contributed by atoms with Crippen molar-refractivity contribution in [2.24, 2.45) is 0 Å². The second-order valence-corrected chi connectivity index (χ2v) is 9.51. The number of hydrogen-bond donors (Lipinski definition) is 1. The van der Waals surface area contributed by atoms with Gasteiger partial charge in [-0.05, 0) is 36.1 Å². The average molecular weight is 493 g/mol. The summed E-state index contributed by atoms with van der Waals surface area (Å²) < 4.78 is 42.1. The molecular weight excluding hydrogens is 467 g/mol. The Hall–Kier alpha value is -3.65.